The van der Waals surface area contributed by atoms with Crippen molar-refractivity contribution in [2.24, 2.45) is 11.8 Å². The van der Waals surface area contributed by atoms with Crippen LogP contribution in [0.25, 0.3) is 0 Å². The van der Waals surface area contributed by atoms with Crippen molar-refractivity contribution in [3.05, 3.63) is 60.2 Å². The van der Waals surface area contributed by atoms with Gasteiger partial charge in [-0.25, -0.2) is 0 Å². The van der Waals surface area contributed by atoms with Crippen LogP contribution >= 0.6 is 0 Å². The molecular weight excluding hydrogens is 272 g/mol. The van der Waals surface area contributed by atoms with E-state index >= 15 is 0 Å². The monoisotopic (exact) mass is 298 g/mol. The van der Waals surface area contributed by atoms with Crippen LogP contribution in [0.3, 0.4) is 0 Å². The summed E-state index contributed by atoms with van der Waals surface area (Å²) >= 11 is 0. The Balaban J connectivity index is 1.40. The molecule has 3 rings (SSSR count). The predicted molar refractivity (Wildman–Crippen MR) is 89.8 cm³/mol. The van der Waals surface area contributed by atoms with Crippen molar-refractivity contribution < 1.29 is 9.47 Å². The average Bonchev–Trinajstić information content (AvgIpc) is 3.37. The average molecular weight is 298 g/mol. The lowest BCUT2D eigenvalue weighted by Crippen LogP contribution is -2.16. The summed E-state index contributed by atoms with van der Waals surface area (Å²) in [6, 6.07) is 10.7. The van der Waals surface area contributed by atoms with Crippen molar-refractivity contribution >= 4 is 0 Å². The van der Waals surface area contributed by atoms with E-state index in [1.807, 2.05) is 0 Å². The van der Waals surface area contributed by atoms with E-state index in [4.69, 9.17) is 9.47 Å². The number of rotatable bonds is 9. The van der Waals surface area contributed by atoms with Gasteiger partial charge in [0.05, 0.1) is 12.7 Å². The Labute approximate surface area is 133 Å². The minimum absolute atomic E-state index is 0.474. The number of ether oxygens (including phenoxy) is 2. The van der Waals surface area contributed by atoms with Gasteiger partial charge in [0.15, 0.2) is 0 Å². The van der Waals surface area contributed by atoms with Gasteiger partial charge in [-0.05, 0) is 43.1 Å². The zero-order valence-electron chi connectivity index (χ0n) is 13.2. The van der Waals surface area contributed by atoms with E-state index in [2.05, 4.69) is 54.6 Å². The van der Waals surface area contributed by atoms with Crippen molar-refractivity contribution in [1.82, 2.24) is 0 Å². The molecule has 2 atom stereocenters. The first-order valence-corrected chi connectivity index (χ1v) is 8.47. The maximum atomic E-state index is 5.98. The second-order valence-electron chi connectivity index (χ2n) is 6.37. The molecule has 0 N–H and O–H groups in total. The molecule has 2 aliphatic rings. The van der Waals surface area contributed by atoms with Gasteiger partial charge in [-0.3, -0.25) is 0 Å². The highest BCUT2D eigenvalue weighted by molar-refractivity contribution is 5.15. The van der Waals surface area contributed by atoms with Crippen LogP contribution in [0.2, 0.25) is 0 Å². The van der Waals surface area contributed by atoms with Crippen LogP contribution in [0.1, 0.15) is 24.8 Å². The second kappa shape index (κ2) is 8.30. The van der Waals surface area contributed by atoms with Gasteiger partial charge in [0.2, 0.25) is 0 Å². The summed E-state index contributed by atoms with van der Waals surface area (Å²) < 4.78 is 11.4. The van der Waals surface area contributed by atoms with Crippen LogP contribution in [-0.2, 0) is 15.9 Å². The molecule has 1 fully saturated rings. The molecule has 1 aliphatic carbocycles. The number of hydrogen-bond donors (Lipinski definition) is 0. The summed E-state index contributed by atoms with van der Waals surface area (Å²) in [5, 5.41) is 0. The first kappa shape index (κ1) is 15.5. The van der Waals surface area contributed by atoms with Gasteiger partial charge in [0, 0.05) is 13.2 Å². The molecule has 0 radical (unpaired) electrons. The Hall–Kier alpha value is -1.38. The van der Waals surface area contributed by atoms with E-state index in [-0.39, 0.29) is 0 Å². The summed E-state index contributed by atoms with van der Waals surface area (Å²) in [5.74, 6) is 1.13. The molecule has 2 unspecified atom stereocenters. The molecular formula is C20H26O2. The molecule has 0 amide bonds. The summed E-state index contributed by atoms with van der Waals surface area (Å²) in [6.07, 6.45) is 13.9. The van der Waals surface area contributed by atoms with Crippen LogP contribution in [0.5, 0.6) is 0 Å². The van der Waals surface area contributed by atoms with Crippen LogP contribution in [0.15, 0.2) is 54.6 Å². The Morgan fingerprint density at radius 3 is 2.64 bits per heavy atom. The molecule has 1 aromatic carbocycles. The van der Waals surface area contributed by atoms with E-state index in [0.717, 1.165) is 45.5 Å². The first-order chi connectivity index (χ1) is 10.9. The Morgan fingerprint density at radius 2 is 1.91 bits per heavy atom. The first-order valence-electron chi connectivity index (χ1n) is 8.47. The maximum Gasteiger partial charge on any atom is 0.0813 e. The molecule has 0 spiro atoms. The lowest BCUT2D eigenvalue weighted by Gasteiger charge is -2.17. The molecule has 1 saturated heterocycles. The van der Waals surface area contributed by atoms with E-state index in [9.17, 15) is 0 Å². The van der Waals surface area contributed by atoms with Crippen molar-refractivity contribution in [3.8, 4) is 0 Å². The fourth-order valence-electron chi connectivity index (χ4n) is 3.04. The van der Waals surface area contributed by atoms with Gasteiger partial charge in [-0.1, -0.05) is 54.6 Å². The zero-order valence-corrected chi connectivity index (χ0v) is 13.2. The molecule has 2 heteroatoms. The number of hydrogen-bond acceptors (Lipinski definition) is 2. The molecule has 1 heterocycles. The lowest BCUT2D eigenvalue weighted by molar-refractivity contribution is 0.0882. The van der Waals surface area contributed by atoms with Crippen LogP contribution in [0, 0.1) is 11.8 Å². The summed E-state index contributed by atoms with van der Waals surface area (Å²) in [4.78, 5) is 0. The highest BCUT2D eigenvalue weighted by atomic mass is 16.6. The SMILES string of the molecule is C1=CC(CCOCC(Cc2ccccc2)CC2CO2)C=CC1. The van der Waals surface area contributed by atoms with E-state index < -0.39 is 0 Å². The zero-order chi connectivity index (χ0) is 15.0. The van der Waals surface area contributed by atoms with Gasteiger partial charge < -0.3 is 9.47 Å². The van der Waals surface area contributed by atoms with Gasteiger partial charge >= 0.3 is 0 Å². The highest BCUT2D eigenvalue weighted by Crippen LogP contribution is 2.23. The van der Waals surface area contributed by atoms with Crippen molar-refractivity contribution in [2.45, 2.75) is 31.8 Å². The van der Waals surface area contributed by atoms with Crippen molar-refractivity contribution in [2.75, 3.05) is 19.8 Å². The van der Waals surface area contributed by atoms with E-state index in [0.29, 0.717) is 17.9 Å². The van der Waals surface area contributed by atoms with Gasteiger partial charge in [0.1, 0.15) is 0 Å². The van der Waals surface area contributed by atoms with Gasteiger partial charge in [-0.15, -0.1) is 0 Å². The molecule has 118 valence electrons. The lowest BCUT2D eigenvalue weighted by atomic mass is 9.95. The Bertz CT molecular complexity index is 476. The third kappa shape index (κ3) is 5.43. The van der Waals surface area contributed by atoms with Gasteiger partial charge in [0.25, 0.3) is 0 Å². The summed E-state index contributed by atoms with van der Waals surface area (Å²) in [5.41, 5.74) is 1.40. The van der Waals surface area contributed by atoms with Crippen LogP contribution in [-0.4, -0.2) is 25.9 Å². The Morgan fingerprint density at radius 1 is 1.14 bits per heavy atom. The standard InChI is InChI=1S/C20H26O2/c1-3-7-17(8-4-1)11-12-21-15-19(14-20-16-22-20)13-18-9-5-2-6-10-18/h2-10,17,19-20H,1,11-16H2. The number of benzene rings is 1. The largest absolute Gasteiger partial charge is 0.381 e. The van der Waals surface area contributed by atoms with Crippen LogP contribution in [0.4, 0.5) is 0 Å². The number of epoxide rings is 1. The van der Waals surface area contributed by atoms with Gasteiger partial charge in [-0.2, -0.15) is 0 Å². The predicted octanol–water partition coefficient (Wildman–Crippen LogP) is 4.17. The second-order valence-corrected chi connectivity index (χ2v) is 6.37. The molecule has 0 saturated carbocycles. The minimum Gasteiger partial charge on any atom is -0.381 e. The highest BCUT2D eigenvalue weighted by Gasteiger charge is 2.26. The summed E-state index contributed by atoms with van der Waals surface area (Å²) in [6.45, 7) is 2.62. The molecule has 0 bridgehead atoms. The number of allylic oxidation sites excluding steroid dienone is 4. The third-order valence-corrected chi connectivity index (χ3v) is 4.35. The third-order valence-electron chi connectivity index (χ3n) is 4.35. The topological polar surface area (TPSA) is 21.8 Å². The summed E-state index contributed by atoms with van der Waals surface area (Å²) in [7, 11) is 0. The molecule has 2 nitrogen and oxygen atoms in total. The quantitative estimate of drug-likeness (QED) is 0.388. The fourth-order valence-corrected chi connectivity index (χ4v) is 3.04. The molecule has 1 aromatic rings. The Kier molecular flexibility index (Phi) is 5.86. The maximum absolute atomic E-state index is 5.98. The molecule has 1 aliphatic heterocycles. The molecule has 0 aromatic heterocycles. The molecule has 22 heavy (non-hydrogen) atoms. The fraction of sp³-hybridized carbons (Fsp3) is 0.500. The van der Waals surface area contributed by atoms with E-state index in [1.54, 1.807) is 0 Å². The van der Waals surface area contributed by atoms with E-state index in [1.165, 1.54) is 5.56 Å². The normalized spacial score (nSPS) is 21.9. The minimum atomic E-state index is 0.474. The van der Waals surface area contributed by atoms with Crippen LogP contribution < -0.4 is 0 Å². The smallest absolute Gasteiger partial charge is 0.0813 e. The van der Waals surface area contributed by atoms with Crippen molar-refractivity contribution in [3.63, 3.8) is 0 Å². The van der Waals surface area contributed by atoms with Crippen molar-refractivity contribution in [1.29, 1.82) is 0 Å².